The first-order valence-corrected chi connectivity index (χ1v) is 7.49. The zero-order valence-corrected chi connectivity index (χ0v) is 12.7. The first-order valence-electron chi connectivity index (χ1n) is 5.88. The van der Waals surface area contributed by atoms with E-state index in [1.165, 1.54) is 0 Å². The molecule has 1 heterocycles. The topological polar surface area (TPSA) is 39.2 Å². The standard InChI is InChI=1S/C13H14BrNO2S/c1-3-9(13(16)17-4-2)12-15-10-6-5-8(14)7-11(10)18-12/h5-7,9H,3-4H2,1-2H3. The minimum Gasteiger partial charge on any atom is -0.465 e. The maximum Gasteiger partial charge on any atom is 0.315 e. The van der Waals surface area contributed by atoms with Crippen LogP contribution in [0.2, 0.25) is 0 Å². The molecule has 0 aliphatic carbocycles. The van der Waals surface area contributed by atoms with Gasteiger partial charge in [0.2, 0.25) is 0 Å². The predicted octanol–water partition coefficient (Wildman–Crippen LogP) is 4.12. The second-order valence-corrected chi connectivity index (χ2v) is 5.85. The Morgan fingerprint density at radius 2 is 2.28 bits per heavy atom. The highest BCUT2D eigenvalue weighted by Gasteiger charge is 2.23. The quantitative estimate of drug-likeness (QED) is 0.793. The molecule has 0 saturated carbocycles. The molecule has 1 unspecified atom stereocenters. The molecule has 1 aromatic heterocycles. The fourth-order valence-electron chi connectivity index (χ4n) is 1.75. The van der Waals surface area contributed by atoms with Gasteiger partial charge in [-0.3, -0.25) is 4.79 Å². The number of fused-ring (bicyclic) bond motifs is 1. The average molecular weight is 328 g/mol. The van der Waals surface area contributed by atoms with E-state index in [-0.39, 0.29) is 11.9 Å². The Morgan fingerprint density at radius 3 is 2.94 bits per heavy atom. The summed E-state index contributed by atoms with van der Waals surface area (Å²) >= 11 is 4.99. The molecular weight excluding hydrogens is 314 g/mol. The molecule has 0 radical (unpaired) electrons. The van der Waals surface area contributed by atoms with Gasteiger partial charge >= 0.3 is 5.97 Å². The molecular formula is C13H14BrNO2S. The second kappa shape index (κ2) is 5.80. The maximum absolute atomic E-state index is 11.9. The number of carbonyl (C=O) groups is 1. The molecule has 0 spiro atoms. The van der Waals surface area contributed by atoms with Crippen LogP contribution in [0.15, 0.2) is 22.7 Å². The Bertz CT molecular complexity index is 567. The Balaban J connectivity index is 2.36. The van der Waals surface area contributed by atoms with E-state index in [2.05, 4.69) is 20.9 Å². The fourth-order valence-corrected chi connectivity index (χ4v) is 3.44. The lowest BCUT2D eigenvalue weighted by atomic mass is 10.1. The first kappa shape index (κ1) is 13.5. The molecule has 3 nitrogen and oxygen atoms in total. The second-order valence-electron chi connectivity index (χ2n) is 3.88. The number of carbonyl (C=O) groups excluding carboxylic acids is 1. The van der Waals surface area contributed by atoms with Crippen molar-refractivity contribution in [1.82, 2.24) is 4.98 Å². The van der Waals surface area contributed by atoms with E-state index in [1.807, 2.05) is 32.0 Å². The van der Waals surface area contributed by atoms with Crippen LogP contribution in [0.3, 0.4) is 0 Å². The van der Waals surface area contributed by atoms with Crippen molar-refractivity contribution in [3.8, 4) is 0 Å². The van der Waals surface area contributed by atoms with E-state index in [1.54, 1.807) is 11.3 Å². The molecule has 1 atom stereocenters. The van der Waals surface area contributed by atoms with Crippen molar-refractivity contribution in [2.45, 2.75) is 26.2 Å². The van der Waals surface area contributed by atoms with Gasteiger partial charge in [0.15, 0.2) is 0 Å². The monoisotopic (exact) mass is 327 g/mol. The Labute approximate surface area is 118 Å². The van der Waals surface area contributed by atoms with E-state index < -0.39 is 0 Å². The van der Waals surface area contributed by atoms with E-state index >= 15 is 0 Å². The number of thiazole rings is 1. The SMILES string of the molecule is CCOC(=O)C(CC)c1nc2ccc(Br)cc2s1. The molecule has 18 heavy (non-hydrogen) atoms. The van der Waals surface area contributed by atoms with E-state index in [9.17, 15) is 4.79 Å². The van der Waals surface area contributed by atoms with Gasteiger partial charge in [0, 0.05) is 4.47 Å². The molecule has 0 saturated heterocycles. The Kier molecular flexibility index (Phi) is 4.35. The predicted molar refractivity (Wildman–Crippen MR) is 77.0 cm³/mol. The minimum atomic E-state index is -0.249. The van der Waals surface area contributed by atoms with Crippen molar-refractivity contribution in [3.05, 3.63) is 27.7 Å². The number of aromatic nitrogens is 1. The fraction of sp³-hybridized carbons (Fsp3) is 0.385. The van der Waals surface area contributed by atoms with Gasteiger partial charge in [-0.05, 0) is 31.5 Å². The average Bonchev–Trinajstić information content (AvgIpc) is 2.72. The summed E-state index contributed by atoms with van der Waals surface area (Å²) in [5, 5.41) is 0.837. The van der Waals surface area contributed by atoms with Crippen LogP contribution in [0.4, 0.5) is 0 Å². The molecule has 1 aromatic carbocycles. The summed E-state index contributed by atoms with van der Waals surface area (Å²) < 4.78 is 7.20. The van der Waals surface area contributed by atoms with Crippen molar-refractivity contribution in [1.29, 1.82) is 0 Å². The van der Waals surface area contributed by atoms with E-state index in [0.29, 0.717) is 13.0 Å². The highest BCUT2D eigenvalue weighted by atomic mass is 79.9. The van der Waals surface area contributed by atoms with Crippen molar-refractivity contribution < 1.29 is 9.53 Å². The van der Waals surface area contributed by atoms with E-state index in [4.69, 9.17) is 4.74 Å². The van der Waals surface area contributed by atoms with Crippen LogP contribution in [-0.4, -0.2) is 17.6 Å². The molecule has 0 aliphatic rings. The third kappa shape index (κ3) is 2.72. The van der Waals surface area contributed by atoms with Crippen molar-refractivity contribution in [3.63, 3.8) is 0 Å². The molecule has 2 aromatic rings. The van der Waals surface area contributed by atoms with Crippen LogP contribution in [0.5, 0.6) is 0 Å². The summed E-state index contributed by atoms with van der Waals surface area (Å²) in [6, 6.07) is 5.93. The number of hydrogen-bond donors (Lipinski definition) is 0. The summed E-state index contributed by atoms with van der Waals surface area (Å²) in [5.74, 6) is -0.431. The molecule has 0 fully saturated rings. The van der Waals surface area contributed by atoms with Gasteiger partial charge in [0.1, 0.15) is 10.9 Å². The molecule has 0 amide bonds. The minimum absolute atomic E-state index is 0.182. The summed E-state index contributed by atoms with van der Waals surface area (Å²) in [6.07, 6.45) is 0.708. The van der Waals surface area contributed by atoms with Crippen LogP contribution in [0.1, 0.15) is 31.2 Å². The highest BCUT2D eigenvalue weighted by Crippen LogP contribution is 2.31. The molecule has 0 bridgehead atoms. The van der Waals surface area contributed by atoms with E-state index in [0.717, 1.165) is 19.7 Å². The lowest BCUT2D eigenvalue weighted by Crippen LogP contribution is -2.14. The molecule has 96 valence electrons. The maximum atomic E-state index is 11.9. The number of halogens is 1. The molecule has 5 heteroatoms. The molecule has 0 N–H and O–H groups in total. The normalized spacial score (nSPS) is 12.6. The van der Waals surface area contributed by atoms with Crippen LogP contribution in [0.25, 0.3) is 10.2 Å². The van der Waals surface area contributed by atoms with Crippen LogP contribution in [-0.2, 0) is 9.53 Å². The van der Waals surface area contributed by atoms with Crippen LogP contribution < -0.4 is 0 Å². The number of nitrogens with zero attached hydrogens (tertiary/aromatic N) is 1. The van der Waals surface area contributed by atoms with Crippen LogP contribution >= 0.6 is 27.3 Å². The van der Waals surface area contributed by atoms with Crippen LogP contribution in [0, 0.1) is 0 Å². The smallest absolute Gasteiger partial charge is 0.315 e. The number of esters is 1. The van der Waals surface area contributed by atoms with Gasteiger partial charge in [-0.1, -0.05) is 22.9 Å². The summed E-state index contributed by atoms with van der Waals surface area (Å²) in [5.41, 5.74) is 0.931. The third-order valence-corrected chi connectivity index (χ3v) is 4.27. The van der Waals surface area contributed by atoms with Gasteiger partial charge in [-0.25, -0.2) is 4.98 Å². The lowest BCUT2D eigenvalue weighted by molar-refractivity contribution is -0.145. The van der Waals surface area contributed by atoms with Gasteiger partial charge in [-0.15, -0.1) is 11.3 Å². The Hall–Kier alpha value is -0.940. The number of benzene rings is 1. The van der Waals surface area contributed by atoms with Crippen molar-refractivity contribution >= 4 is 43.5 Å². The zero-order valence-electron chi connectivity index (χ0n) is 10.3. The number of ether oxygens (including phenoxy) is 1. The van der Waals surface area contributed by atoms with Gasteiger partial charge in [0.05, 0.1) is 16.8 Å². The number of hydrogen-bond acceptors (Lipinski definition) is 4. The molecule has 2 rings (SSSR count). The molecule has 0 aliphatic heterocycles. The number of rotatable bonds is 4. The summed E-state index contributed by atoms with van der Waals surface area (Å²) in [6.45, 7) is 4.20. The van der Waals surface area contributed by atoms with Crippen molar-refractivity contribution in [2.75, 3.05) is 6.61 Å². The van der Waals surface area contributed by atoms with Gasteiger partial charge in [-0.2, -0.15) is 0 Å². The van der Waals surface area contributed by atoms with Gasteiger partial charge < -0.3 is 4.74 Å². The summed E-state index contributed by atoms with van der Waals surface area (Å²) in [7, 11) is 0. The largest absolute Gasteiger partial charge is 0.465 e. The first-order chi connectivity index (χ1) is 8.65. The highest BCUT2D eigenvalue weighted by molar-refractivity contribution is 9.10. The summed E-state index contributed by atoms with van der Waals surface area (Å²) in [4.78, 5) is 16.4. The van der Waals surface area contributed by atoms with Crippen molar-refractivity contribution in [2.24, 2.45) is 0 Å². The van der Waals surface area contributed by atoms with Gasteiger partial charge in [0.25, 0.3) is 0 Å². The lowest BCUT2D eigenvalue weighted by Gasteiger charge is -2.09. The zero-order chi connectivity index (χ0) is 13.1. The Morgan fingerprint density at radius 1 is 1.50 bits per heavy atom. The third-order valence-electron chi connectivity index (χ3n) is 2.64.